The number of alkyl halides is 3. The van der Waals surface area contributed by atoms with Crippen molar-refractivity contribution in [2.45, 2.75) is 6.36 Å². The highest BCUT2D eigenvalue weighted by Gasteiger charge is 2.31. The first-order valence-electron chi connectivity index (χ1n) is 8.06. The molecule has 10 heteroatoms. The van der Waals surface area contributed by atoms with Crippen molar-refractivity contribution in [1.82, 2.24) is 9.97 Å². The summed E-state index contributed by atoms with van der Waals surface area (Å²) in [5, 5.41) is -0.444. The van der Waals surface area contributed by atoms with E-state index in [4.69, 9.17) is 0 Å². The van der Waals surface area contributed by atoms with Gasteiger partial charge >= 0.3 is 6.36 Å². The molecule has 0 aliphatic heterocycles. The van der Waals surface area contributed by atoms with Gasteiger partial charge in [0.1, 0.15) is 5.75 Å². The highest BCUT2D eigenvalue weighted by molar-refractivity contribution is 8.15. The predicted octanol–water partition coefficient (Wildman–Crippen LogP) is 4.51. The van der Waals surface area contributed by atoms with Crippen LogP contribution in [0.4, 0.5) is 18.9 Å². The Bertz CT molecular complexity index is 984. The molecule has 2 heterocycles. The number of hydrogen-bond donors (Lipinski definition) is 0. The van der Waals surface area contributed by atoms with Gasteiger partial charge in [-0.25, -0.2) is 4.31 Å². The maximum absolute atomic E-state index is 12.9. The fourth-order valence-electron chi connectivity index (χ4n) is 2.22. The van der Waals surface area contributed by atoms with Gasteiger partial charge in [-0.05, 0) is 48.5 Å². The zero-order chi connectivity index (χ0) is 20.9. The number of hydrogen-bond acceptors (Lipinski definition) is 6. The summed E-state index contributed by atoms with van der Waals surface area (Å²) in [4.78, 5) is 33.2. The van der Waals surface area contributed by atoms with Crippen LogP contribution in [-0.4, -0.2) is 27.4 Å². The van der Waals surface area contributed by atoms with Crippen molar-refractivity contribution in [2.75, 3.05) is 4.31 Å². The Labute approximate surface area is 167 Å². The molecular formula is C19H12F3N3O3S. The molecule has 3 rings (SSSR count). The monoisotopic (exact) mass is 419 g/mol. The number of carbonyl (C=O) groups excluding carboxylic acids is 2. The fourth-order valence-corrected chi connectivity index (χ4v) is 3.05. The van der Waals surface area contributed by atoms with E-state index in [2.05, 4.69) is 14.7 Å². The minimum absolute atomic E-state index is 0.195. The zero-order valence-electron chi connectivity index (χ0n) is 14.5. The molecule has 0 fully saturated rings. The lowest BCUT2D eigenvalue weighted by Crippen LogP contribution is -2.26. The molecule has 0 spiro atoms. The SMILES string of the molecule is O=C(SN(C(=O)c1cccnc1)c1ccc(OC(F)(F)F)cc1)c1ccncc1. The second kappa shape index (κ2) is 8.74. The van der Waals surface area contributed by atoms with E-state index in [0.29, 0.717) is 17.5 Å². The quantitative estimate of drug-likeness (QED) is 0.580. The Balaban J connectivity index is 1.90. The van der Waals surface area contributed by atoms with E-state index in [9.17, 15) is 22.8 Å². The number of nitrogens with zero attached hydrogens (tertiary/aromatic N) is 3. The summed E-state index contributed by atoms with van der Waals surface area (Å²) in [5.41, 5.74) is 0.713. The molecule has 0 aliphatic rings. The second-order valence-corrected chi connectivity index (χ2v) is 6.42. The molecule has 1 aromatic carbocycles. The van der Waals surface area contributed by atoms with E-state index in [-0.39, 0.29) is 11.3 Å². The normalized spacial score (nSPS) is 11.0. The number of benzene rings is 1. The van der Waals surface area contributed by atoms with Crippen LogP contribution in [0.15, 0.2) is 73.3 Å². The summed E-state index contributed by atoms with van der Waals surface area (Å²) >= 11 is 0.599. The molecule has 2 aromatic heterocycles. The summed E-state index contributed by atoms with van der Waals surface area (Å²) in [6.45, 7) is 0. The Hall–Kier alpha value is -3.40. The van der Waals surface area contributed by atoms with Crippen molar-refractivity contribution in [1.29, 1.82) is 0 Å². The molecule has 0 bridgehead atoms. The number of rotatable bonds is 4. The largest absolute Gasteiger partial charge is 0.573 e. The Morgan fingerprint density at radius 2 is 1.59 bits per heavy atom. The molecular weight excluding hydrogens is 407 g/mol. The standard InChI is InChI=1S/C19H12F3N3O3S/c20-19(21,22)28-16-5-3-15(4-6-16)25(17(26)14-2-1-9-24-12-14)29-18(27)13-7-10-23-11-8-13/h1-12H. The van der Waals surface area contributed by atoms with Gasteiger partial charge in [-0.1, -0.05) is 0 Å². The Kier molecular flexibility index (Phi) is 6.13. The number of ether oxygens (including phenoxy) is 1. The molecule has 148 valence electrons. The summed E-state index contributed by atoms with van der Waals surface area (Å²) in [5.74, 6) is -1.00. The molecule has 1 amide bonds. The van der Waals surface area contributed by atoms with E-state index >= 15 is 0 Å². The van der Waals surface area contributed by atoms with Crippen LogP contribution in [0.1, 0.15) is 20.7 Å². The van der Waals surface area contributed by atoms with Crippen LogP contribution in [0.25, 0.3) is 0 Å². The van der Waals surface area contributed by atoms with Crippen LogP contribution in [0, 0.1) is 0 Å². The van der Waals surface area contributed by atoms with Crippen LogP contribution in [0.5, 0.6) is 5.75 Å². The maximum Gasteiger partial charge on any atom is 0.573 e. The van der Waals surface area contributed by atoms with Gasteiger partial charge in [0.2, 0.25) is 5.12 Å². The van der Waals surface area contributed by atoms with Gasteiger partial charge in [0.05, 0.1) is 11.3 Å². The molecule has 0 aliphatic carbocycles. The van der Waals surface area contributed by atoms with Crippen LogP contribution in [0.3, 0.4) is 0 Å². The van der Waals surface area contributed by atoms with Crippen molar-refractivity contribution in [3.8, 4) is 5.75 Å². The van der Waals surface area contributed by atoms with Crippen LogP contribution >= 0.6 is 11.9 Å². The lowest BCUT2D eigenvalue weighted by atomic mass is 10.2. The summed E-state index contributed by atoms with van der Waals surface area (Å²) in [6.07, 6.45) is 0.848. The average Bonchev–Trinajstić information content (AvgIpc) is 2.72. The number of aromatic nitrogens is 2. The van der Waals surface area contributed by atoms with Gasteiger partial charge < -0.3 is 4.74 Å². The molecule has 29 heavy (non-hydrogen) atoms. The molecule has 0 atom stereocenters. The van der Waals surface area contributed by atoms with E-state index in [1.807, 2.05) is 0 Å². The third-order valence-corrected chi connectivity index (χ3v) is 4.45. The van der Waals surface area contributed by atoms with Gasteiger partial charge in [-0.15, -0.1) is 13.2 Å². The van der Waals surface area contributed by atoms with E-state index in [1.54, 1.807) is 6.07 Å². The summed E-state index contributed by atoms with van der Waals surface area (Å²) in [7, 11) is 0. The van der Waals surface area contributed by atoms with Gasteiger partial charge in [0.25, 0.3) is 5.91 Å². The van der Waals surface area contributed by atoms with Crippen molar-refractivity contribution in [3.05, 3.63) is 84.4 Å². The van der Waals surface area contributed by atoms with Crippen molar-refractivity contribution >= 4 is 28.7 Å². The van der Waals surface area contributed by atoms with Gasteiger partial charge in [0, 0.05) is 42.3 Å². The first-order chi connectivity index (χ1) is 13.8. The molecule has 0 saturated carbocycles. The fraction of sp³-hybridized carbons (Fsp3) is 0.0526. The van der Waals surface area contributed by atoms with E-state index < -0.39 is 23.1 Å². The second-order valence-electron chi connectivity index (χ2n) is 5.50. The predicted molar refractivity (Wildman–Crippen MR) is 100 cm³/mol. The minimum Gasteiger partial charge on any atom is -0.406 e. The van der Waals surface area contributed by atoms with Crippen molar-refractivity contribution in [3.63, 3.8) is 0 Å². The number of amides is 1. The number of halogens is 3. The maximum atomic E-state index is 12.9. The third-order valence-electron chi connectivity index (χ3n) is 3.49. The summed E-state index contributed by atoms with van der Waals surface area (Å²) < 4.78 is 42.0. The highest BCUT2D eigenvalue weighted by Crippen LogP contribution is 2.30. The van der Waals surface area contributed by atoms with Crippen LogP contribution in [-0.2, 0) is 0 Å². The average molecular weight is 419 g/mol. The lowest BCUT2D eigenvalue weighted by molar-refractivity contribution is -0.274. The number of anilines is 1. The molecule has 0 saturated heterocycles. The molecule has 0 N–H and O–H groups in total. The molecule has 6 nitrogen and oxygen atoms in total. The topological polar surface area (TPSA) is 72.4 Å². The third kappa shape index (κ3) is 5.55. The van der Waals surface area contributed by atoms with Gasteiger partial charge in [-0.3, -0.25) is 19.6 Å². The zero-order valence-corrected chi connectivity index (χ0v) is 15.4. The lowest BCUT2D eigenvalue weighted by Gasteiger charge is -2.21. The smallest absolute Gasteiger partial charge is 0.406 e. The number of pyridine rings is 2. The van der Waals surface area contributed by atoms with Crippen LogP contribution in [0.2, 0.25) is 0 Å². The minimum atomic E-state index is -4.83. The van der Waals surface area contributed by atoms with Crippen LogP contribution < -0.4 is 9.04 Å². The summed E-state index contributed by atoms with van der Waals surface area (Å²) in [6, 6.07) is 10.7. The Morgan fingerprint density at radius 3 is 2.17 bits per heavy atom. The Morgan fingerprint density at radius 1 is 0.897 bits per heavy atom. The first kappa shape index (κ1) is 20.3. The molecule has 0 radical (unpaired) electrons. The van der Waals surface area contributed by atoms with E-state index in [0.717, 1.165) is 16.4 Å². The highest BCUT2D eigenvalue weighted by atomic mass is 32.2. The van der Waals surface area contributed by atoms with Crippen molar-refractivity contribution < 1.29 is 27.5 Å². The van der Waals surface area contributed by atoms with Crippen molar-refractivity contribution in [2.24, 2.45) is 0 Å². The van der Waals surface area contributed by atoms with E-state index in [1.165, 1.54) is 55.1 Å². The van der Waals surface area contributed by atoms with Gasteiger partial charge in [0.15, 0.2) is 0 Å². The number of carbonyl (C=O) groups is 2. The van der Waals surface area contributed by atoms with Gasteiger partial charge in [-0.2, -0.15) is 0 Å². The first-order valence-corrected chi connectivity index (χ1v) is 8.83. The molecule has 3 aromatic rings. The molecule has 0 unspecified atom stereocenters.